The number of rotatable bonds is 4. The maximum atomic E-state index is 10.7. The Labute approximate surface area is 142 Å². The summed E-state index contributed by atoms with van der Waals surface area (Å²) in [6, 6.07) is 5.55. The van der Waals surface area contributed by atoms with Gasteiger partial charge in [-0.1, -0.05) is 0 Å². The normalized spacial score (nSPS) is 15.3. The predicted molar refractivity (Wildman–Crippen MR) is 69.6 cm³/mol. The van der Waals surface area contributed by atoms with Crippen molar-refractivity contribution in [2.75, 3.05) is 13.2 Å². The predicted octanol–water partition coefficient (Wildman–Crippen LogP) is -3.25. The standard InChI is InChI=1S/C13H14N2O3.B.Na/c14-5-10-4-11(18-7-13(15)17)3-9-1-8(6-16)2-12(9)10;;/h3-4,8,16H,1-2,6-7H2,(H2,15,17);;/q;-1;+1. The number of amides is 1. The summed E-state index contributed by atoms with van der Waals surface area (Å²) in [5, 5.41) is 18.3. The zero-order chi connectivity index (χ0) is 13.1. The molecule has 0 saturated heterocycles. The molecular formula is C13H14BN2NaO3. The molecule has 1 amide bonds. The Morgan fingerprint density at radius 3 is 2.75 bits per heavy atom. The second kappa shape index (κ2) is 8.33. The van der Waals surface area contributed by atoms with Gasteiger partial charge in [0.25, 0.3) is 5.91 Å². The Balaban J connectivity index is 0.00000180. The van der Waals surface area contributed by atoms with Crippen LogP contribution in [0.4, 0.5) is 0 Å². The molecule has 2 rings (SSSR count). The Hall–Kier alpha value is -0.995. The molecule has 1 aromatic carbocycles. The number of nitriles is 1. The molecule has 0 saturated carbocycles. The van der Waals surface area contributed by atoms with Gasteiger partial charge in [0.05, 0.1) is 11.6 Å². The number of hydrogen-bond donors (Lipinski definition) is 2. The first-order valence-corrected chi connectivity index (χ1v) is 5.72. The van der Waals surface area contributed by atoms with E-state index in [9.17, 15) is 9.90 Å². The largest absolute Gasteiger partial charge is 1.00 e. The van der Waals surface area contributed by atoms with Crippen LogP contribution in [0.15, 0.2) is 12.1 Å². The molecule has 1 unspecified atom stereocenters. The number of hydrogen-bond acceptors (Lipinski definition) is 4. The second-order valence-corrected chi connectivity index (χ2v) is 4.43. The van der Waals surface area contributed by atoms with Gasteiger partial charge in [-0.25, -0.2) is 0 Å². The van der Waals surface area contributed by atoms with Gasteiger partial charge in [-0.05, 0) is 42.0 Å². The Kier molecular flexibility index (Phi) is 7.91. The number of benzene rings is 1. The fraction of sp³-hybridized carbons (Fsp3) is 0.385. The van der Waals surface area contributed by atoms with Gasteiger partial charge < -0.3 is 24.0 Å². The number of fused-ring (bicyclic) bond motifs is 1. The van der Waals surface area contributed by atoms with Gasteiger partial charge >= 0.3 is 29.6 Å². The first-order chi connectivity index (χ1) is 8.63. The summed E-state index contributed by atoms with van der Waals surface area (Å²) in [6.45, 7) is -0.0931. The summed E-state index contributed by atoms with van der Waals surface area (Å²) in [7, 11) is 0. The van der Waals surface area contributed by atoms with Gasteiger partial charge in [-0.2, -0.15) is 5.26 Å². The third-order valence-corrected chi connectivity index (χ3v) is 3.08. The SMILES string of the molecule is N#Cc1cc(OCC(N)=O)cc2c1CC(CO)C2.[B-].[Na+]. The summed E-state index contributed by atoms with van der Waals surface area (Å²) in [5.74, 6) is 0.0865. The van der Waals surface area contributed by atoms with Crippen molar-refractivity contribution in [1.82, 2.24) is 0 Å². The third kappa shape index (κ3) is 4.25. The summed E-state index contributed by atoms with van der Waals surface area (Å²) >= 11 is 0. The summed E-state index contributed by atoms with van der Waals surface area (Å²) in [5.41, 5.74) is 7.53. The van der Waals surface area contributed by atoms with E-state index in [1.165, 1.54) is 0 Å². The number of nitrogens with zero attached hydrogens (tertiary/aromatic N) is 1. The summed E-state index contributed by atoms with van der Waals surface area (Å²) in [4.78, 5) is 10.7. The number of ether oxygens (including phenoxy) is 1. The van der Waals surface area contributed by atoms with E-state index in [1.807, 2.05) is 6.07 Å². The van der Waals surface area contributed by atoms with E-state index in [1.54, 1.807) is 6.07 Å². The van der Waals surface area contributed by atoms with Crippen LogP contribution in [0, 0.1) is 17.2 Å². The first-order valence-electron chi connectivity index (χ1n) is 5.72. The van der Waals surface area contributed by atoms with E-state index >= 15 is 0 Å². The molecule has 1 aromatic rings. The third-order valence-electron chi connectivity index (χ3n) is 3.08. The number of aliphatic hydroxyl groups is 1. The molecule has 0 fully saturated rings. The number of nitrogens with two attached hydrogens (primary N) is 1. The molecule has 20 heavy (non-hydrogen) atoms. The average molecular weight is 280 g/mol. The van der Waals surface area contributed by atoms with Gasteiger partial charge in [0.1, 0.15) is 5.75 Å². The van der Waals surface area contributed by atoms with Crippen molar-refractivity contribution in [2.45, 2.75) is 12.8 Å². The van der Waals surface area contributed by atoms with Crippen LogP contribution in [0.3, 0.4) is 0 Å². The molecule has 1 aliphatic carbocycles. The van der Waals surface area contributed by atoms with E-state index < -0.39 is 5.91 Å². The maximum Gasteiger partial charge on any atom is 1.00 e. The average Bonchev–Trinajstić information content (AvgIpc) is 2.78. The van der Waals surface area contributed by atoms with Crippen LogP contribution in [-0.4, -0.2) is 32.6 Å². The molecule has 0 heterocycles. The van der Waals surface area contributed by atoms with E-state index in [0.29, 0.717) is 17.7 Å². The molecule has 5 nitrogen and oxygen atoms in total. The molecular weight excluding hydrogens is 266 g/mol. The van der Waals surface area contributed by atoms with Crippen LogP contribution in [-0.2, 0) is 17.6 Å². The van der Waals surface area contributed by atoms with Crippen molar-refractivity contribution in [3.63, 3.8) is 0 Å². The summed E-state index contributed by atoms with van der Waals surface area (Å²) in [6.07, 6.45) is 1.44. The molecule has 0 aromatic heterocycles. The molecule has 0 aliphatic heterocycles. The van der Waals surface area contributed by atoms with Crippen molar-refractivity contribution in [3.8, 4) is 11.8 Å². The van der Waals surface area contributed by atoms with Gasteiger partial charge in [0.15, 0.2) is 6.61 Å². The summed E-state index contributed by atoms with van der Waals surface area (Å²) < 4.78 is 5.22. The van der Waals surface area contributed by atoms with Gasteiger partial charge in [-0.15, -0.1) is 0 Å². The fourth-order valence-corrected chi connectivity index (χ4v) is 2.26. The van der Waals surface area contributed by atoms with E-state index in [0.717, 1.165) is 17.5 Å². The molecule has 4 radical (unpaired) electrons. The van der Waals surface area contributed by atoms with E-state index in [-0.39, 0.29) is 57.1 Å². The minimum Gasteiger partial charge on any atom is -1.00 e. The first kappa shape index (κ1) is 19.0. The Morgan fingerprint density at radius 2 is 2.20 bits per heavy atom. The number of carbonyl (C=O) groups excluding carboxylic acids is 1. The topological polar surface area (TPSA) is 96.3 Å². The molecule has 1 atom stereocenters. The fourth-order valence-electron chi connectivity index (χ4n) is 2.26. The quantitative estimate of drug-likeness (QED) is 0.566. The van der Waals surface area contributed by atoms with Crippen LogP contribution >= 0.6 is 0 Å². The number of aliphatic hydroxyl groups excluding tert-OH is 1. The number of primary amides is 1. The van der Waals surface area contributed by atoms with Crippen LogP contribution < -0.4 is 40.0 Å². The van der Waals surface area contributed by atoms with Crippen molar-refractivity contribution in [2.24, 2.45) is 11.7 Å². The van der Waals surface area contributed by atoms with Crippen molar-refractivity contribution in [3.05, 3.63) is 28.8 Å². The Bertz CT molecular complexity index is 531. The molecule has 0 bridgehead atoms. The van der Waals surface area contributed by atoms with Crippen molar-refractivity contribution >= 4 is 14.3 Å². The minimum absolute atomic E-state index is 0. The smallest absolute Gasteiger partial charge is 1.00 e. The van der Waals surface area contributed by atoms with Crippen LogP contribution in [0.2, 0.25) is 0 Å². The molecule has 98 valence electrons. The molecule has 1 aliphatic rings. The Morgan fingerprint density at radius 1 is 1.50 bits per heavy atom. The van der Waals surface area contributed by atoms with Crippen molar-refractivity contribution in [1.29, 1.82) is 5.26 Å². The molecule has 3 N–H and O–H groups in total. The minimum atomic E-state index is -0.553. The number of carbonyl (C=O) groups is 1. The monoisotopic (exact) mass is 280 g/mol. The van der Waals surface area contributed by atoms with Crippen LogP contribution in [0.1, 0.15) is 16.7 Å². The van der Waals surface area contributed by atoms with Gasteiger partial charge in [-0.3, -0.25) is 4.79 Å². The van der Waals surface area contributed by atoms with Gasteiger partial charge in [0, 0.05) is 6.61 Å². The maximum absolute atomic E-state index is 10.7. The molecule has 7 heteroatoms. The van der Waals surface area contributed by atoms with Crippen LogP contribution in [0.25, 0.3) is 0 Å². The zero-order valence-electron chi connectivity index (χ0n) is 11.4. The zero-order valence-corrected chi connectivity index (χ0v) is 13.4. The van der Waals surface area contributed by atoms with Gasteiger partial charge in [0.2, 0.25) is 0 Å². The van der Waals surface area contributed by atoms with Crippen molar-refractivity contribution < 1.29 is 44.2 Å². The van der Waals surface area contributed by atoms with E-state index in [4.69, 9.17) is 15.7 Å². The molecule has 0 spiro atoms. The van der Waals surface area contributed by atoms with E-state index in [2.05, 4.69) is 6.07 Å². The van der Waals surface area contributed by atoms with Crippen LogP contribution in [0.5, 0.6) is 5.75 Å². The second-order valence-electron chi connectivity index (χ2n) is 4.43.